The summed E-state index contributed by atoms with van der Waals surface area (Å²) in [6.45, 7) is 1.10. The lowest BCUT2D eigenvalue weighted by Gasteiger charge is -2.33. The molecule has 0 radical (unpaired) electrons. The molecule has 1 atom stereocenters. The van der Waals surface area contributed by atoms with E-state index >= 15 is 0 Å². The molecule has 0 heterocycles. The van der Waals surface area contributed by atoms with E-state index < -0.39 is 28.5 Å². The van der Waals surface area contributed by atoms with Gasteiger partial charge in [-0.2, -0.15) is 0 Å². The highest BCUT2D eigenvalue weighted by atomic mass is 35.5. The van der Waals surface area contributed by atoms with Gasteiger partial charge in [0.05, 0.1) is 17.7 Å². The summed E-state index contributed by atoms with van der Waals surface area (Å²) in [7, 11) is -2.74. The first-order chi connectivity index (χ1) is 20.1. The van der Waals surface area contributed by atoms with Crippen molar-refractivity contribution in [3.05, 3.63) is 88.4 Å². The highest BCUT2D eigenvalue weighted by Crippen LogP contribution is 2.28. The summed E-state index contributed by atoms with van der Waals surface area (Å²) in [6, 6.07) is 18.4. The fourth-order valence-corrected chi connectivity index (χ4v) is 6.78. The third kappa shape index (κ3) is 7.76. The third-order valence-electron chi connectivity index (χ3n) is 7.44. The molecule has 0 spiro atoms. The Kier molecular flexibility index (Phi) is 10.8. The summed E-state index contributed by atoms with van der Waals surface area (Å²) in [4.78, 5) is 28.8. The SMILES string of the molecule is COc1ccc(S(=O)(=O)N(CC(=O)N(Cc2ccccc2Cl)[C@H](C)C(=O)NC2CCCCC2)c2cccc(Cl)c2)cc1. The molecule has 2 amide bonds. The van der Waals surface area contributed by atoms with Gasteiger partial charge in [0.25, 0.3) is 10.0 Å². The number of halogens is 2. The van der Waals surface area contributed by atoms with E-state index in [0.29, 0.717) is 21.4 Å². The molecule has 4 rings (SSSR count). The number of carbonyl (C=O) groups is 2. The molecule has 0 aliphatic heterocycles. The van der Waals surface area contributed by atoms with Crippen molar-refractivity contribution < 1.29 is 22.7 Å². The van der Waals surface area contributed by atoms with Gasteiger partial charge in [0.2, 0.25) is 11.8 Å². The lowest BCUT2D eigenvalue weighted by molar-refractivity contribution is -0.139. The van der Waals surface area contributed by atoms with Crippen LogP contribution in [0.3, 0.4) is 0 Å². The first kappa shape index (κ1) is 31.7. The summed E-state index contributed by atoms with van der Waals surface area (Å²) in [5, 5.41) is 3.83. The van der Waals surface area contributed by atoms with Crippen LogP contribution in [0.1, 0.15) is 44.6 Å². The van der Waals surface area contributed by atoms with Crippen LogP contribution in [0.5, 0.6) is 5.75 Å². The topological polar surface area (TPSA) is 96.0 Å². The monoisotopic (exact) mass is 631 g/mol. The molecule has 0 saturated heterocycles. The summed E-state index contributed by atoms with van der Waals surface area (Å²) < 4.78 is 34.1. The minimum Gasteiger partial charge on any atom is -0.497 e. The Morgan fingerprint density at radius 2 is 1.67 bits per heavy atom. The second-order valence-corrected chi connectivity index (χ2v) is 13.0. The van der Waals surface area contributed by atoms with Gasteiger partial charge < -0.3 is 15.0 Å². The van der Waals surface area contributed by atoms with Crippen LogP contribution in [-0.2, 0) is 26.2 Å². The van der Waals surface area contributed by atoms with Crippen LogP contribution in [0.2, 0.25) is 10.0 Å². The van der Waals surface area contributed by atoms with Crippen molar-refractivity contribution in [2.24, 2.45) is 0 Å². The Labute approximate surface area is 257 Å². The Morgan fingerprint density at radius 3 is 2.31 bits per heavy atom. The van der Waals surface area contributed by atoms with Gasteiger partial charge in [0, 0.05) is 22.6 Å². The van der Waals surface area contributed by atoms with Crippen molar-refractivity contribution in [2.75, 3.05) is 18.0 Å². The molecule has 0 bridgehead atoms. The van der Waals surface area contributed by atoms with Crippen LogP contribution in [0.15, 0.2) is 77.7 Å². The largest absolute Gasteiger partial charge is 0.497 e. The maximum absolute atomic E-state index is 14.1. The van der Waals surface area contributed by atoms with Gasteiger partial charge in [-0.3, -0.25) is 13.9 Å². The molecule has 1 fully saturated rings. The lowest BCUT2D eigenvalue weighted by Crippen LogP contribution is -2.53. The second kappa shape index (κ2) is 14.3. The van der Waals surface area contributed by atoms with E-state index in [1.54, 1.807) is 49.4 Å². The Hall–Kier alpha value is -3.27. The summed E-state index contributed by atoms with van der Waals surface area (Å²) in [5.41, 5.74) is 0.848. The first-order valence-corrected chi connectivity index (χ1v) is 16.1. The number of carbonyl (C=O) groups excluding carboxylic acids is 2. The average Bonchev–Trinajstić information content (AvgIpc) is 2.99. The molecule has 0 aromatic heterocycles. The maximum Gasteiger partial charge on any atom is 0.264 e. The van der Waals surface area contributed by atoms with E-state index in [0.717, 1.165) is 36.4 Å². The van der Waals surface area contributed by atoms with Crippen LogP contribution in [0.25, 0.3) is 0 Å². The third-order valence-corrected chi connectivity index (χ3v) is 9.83. The van der Waals surface area contributed by atoms with E-state index in [4.69, 9.17) is 27.9 Å². The normalized spacial score (nSPS) is 14.6. The molecule has 3 aromatic rings. The molecule has 224 valence electrons. The molecule has 11 heteroatoms. The van der Waals surface area contributed by atoms with Crippen LogP contribution in [-0.4, -0.2) is 50.9 Å². The molecule has 1 aliphatic carbocycles. The zero-order chi connectivity index (χ0) is 30.3. The van der Waals surface area contributed by atoms with Crippen LogP contribution in [0.4, 0.5) is 5.69 Å². The molecule has 3 aromatic carbocycles. The fraction of sp³-hybridized carbons (Fsp3) is 0.355. The predicted octanol–water partition coefficient (Wildman–Crippen LogP) is 6.06. The first-order valence-electron chi connectivity index (χ1n) is 13.9. The number of methoxy groups -OCH3 is 1. The van der Waals surface area contributed by atoms with Crippen molar-refractivity contribution in [2.45, 2.75) is 62.6 Å². The summed E-state index contributed by atoms with van der Waals surface area (Å²) >= 11 is 12.7. The fourth-order valence-electron chi connectivity index (χ4n) is 5.00. The molecule has 1 N–H and O–H groups in total. The standard InChI is InChI=1S/C31H35Cl2N3O5S/c1-22(31(38)34-25-11-4-3-5-12-25)35(20-23-9-6-7-14-29(23)33)30(37)21-36(26-13-8-10-24(32)19-26)42(39,40)28-17-15-27(41-2)16-18-28/h6-10,13-19,22,25H,3-5,11-12,20-21H2,1-2H3,(H,34,38)/t22-/m1/s1. The number of ether oxygens (including phenoxy) is 1. The van der Waals surface area contributed by atoms with E-state index in [2.05, 4.69) is 5.32 Å². The number of hydrogen-bond acceptors (Lipinski definition) is 5. The average molecular weight is 633 g/mol. The summed E-state index contributed by atoms with van der Waals surface area (Å²) in [6.07, 6.45) is 5.00. The number of anilines is 1. The minimum atomic E-state index is -4.23. The smallest absolute Gasteiger partial charge is 0.264 e. The zero-order valence-corrected chi connectivity index (χ0v) is 26.0. The van der Waals surface area contributed by atoms with Gasteiger partial charge in [-0.05, 0) is 73.9 Å². The predicted molar refractivity (Wildman–Crippen MR) is 165 cm³/mol. The van der Waals surface area contributed by atoms with Crippen molar-refractivity contribution in [3.8, 4) is 5.75 Å². The number of rotatable bonds is 11. The van der Waals surface area contributed by atoms with Crippen LogP contribution < -0.4 is 14.4 Å². The van der Waals surface area contributed by atoms with Crippen molar-refractivity contribution >= 4 is 50.7 Å². The van der Waals surface area contributed by atoms with Crippen LogP contribution >= 0.6 is 23.2 Å². The highest BCUT2D eigenvalue weighted by molar-refractivity contribution is 7.92. The van der Waals surface area contributed by atoms with Crippen molar-refractivity contribution in [1.82, 2.24) is 10.2 Å². The molecule has 8 nitrogen and oxygen atoms in total. The minimum absolute atomic E-state index is 0.0176. The Bertz CT molecular complexity index is 1490. The Morgan fingerprint density at radius 1 is 0.976 bits per heavy atom. The number of nitrogens with one attached hydrogen (secondary N) is 1. The molecule has 1 aliphatic rings. The van der Waals surface area contributed by atoms with Gasteiger partial charge in [-0.1, -0.05) is 66.7 Å². The molecular weight excluding hydrogens is 597 g/mol. The quantitative estimate of drug-likeness (QED) is 0.277. The van der Waals surface area contributed by atoms with Gasteiger partial charge >= 0.3 is 0 Å². The van der Waals surface area contributed by atoms with Crippen molar-refractivity contribution in [1.29, 1.82) is 0 Å². The van der Waals surface area contributed by atoms with Gasteiger partial charge in [0.15, 0.2) is 0 Å². The number of sulfonamides is 1. The lowest BCUT2D eigenvalue weighted by atomic mass is 9.95. The highest BCUT2D eigenvalue weighted by Gasteiger charge is 2.33. The maximum atomic E-state index is 14.1. The molecule has 1 saturated carbocycles. The van der Waals surface area contributed by atoms with Crippen molar-refractivity contribution in [3.63, 3.8) is 0 Å². The van der Waals surface area contributed by atoms with Gasteiger partial charge in [-0.25, -0.2) is 8.42 Å². The number of benzene rings is 3. The van der Waals surface area contributed by atoms with Crippen LogP contribution in [0, 0.1) is 0 Å². The van der Waals surface area contributed by atoms with E-state index in [1.165, 1.54) is 42.3 Å². The number of amides is 2. The van der Waals surface area contributed by atoms with E-state index in [-0.39, 0.29) is 29.1 Å². The molecular formula is C31H35Cl2N3O5S. The second-order valence-electron chi connectivity index (χ2n) is 10.3. The van der Waals surface area contributed by atoms with Gasteiger partial charge in [-0.15, -0.1) is 0 Å². The molecule has 42 heavy (non-hydrogen) atoms. The molecule has 0 unspecified atom stereocenters. The van der Waals surface area contributed by atoms with Gasteiger partial charge in [0.1, 0.15) is 18.3 Å². The zero-order valence-electron chi connectivity index (χ0n) is 23.6. The number of nitrogens with zero attached hydrogens (tertiary/aromatic N) is 2. The van der Waals surface area contributed by atoms with E-state index in [1.807, 2.05) is 0 Å². The number of hydrogen-bond donors (Lipinski definition) is 1. The van der Waals surface area contributed by atoms with E-state index in [9.17, 15) is 18.0 Å². The Balaban J connectivity index is 1.68. The summed E-state index contributed by atoms with van der Waals surface area (Å²) in [5.74, 6) is -0.379.